The number of fused-ring (bicyclic) bond motifs is 3. The highest BCUT2D eigenvalue weighted by Gasteiger charge is 2.68. The van der Waals surface area contributed by atoms with Gasteiger partial charge in [0.05, 0.1) is 17.6 Å². The van der Waals surface area contributed by atoms with Gasteiger partial charge in [-0.05, 0) is 106 Å². The van der Waals surface area contributed by atoms with Crippen molar-refractivity contribution in [1.29, 1.82) is 0 Å². The van der Waals surface area contributed by atoms with E-state index in [0.29, 0.717) is 37.6 Å². The number of benzene rings is 2. The van der Waals surface area contributed by atoms with Crippen molar-refractivity contribution in [2.45, 2.75) is 116 Å². The normalized spacial score (nSPS) is 25.9. The molecule has 0 radical (unpaired) electrons. The van der Waals surface area contributed by atoms with E-state index < -0.39 is 36.9 Å². The molecule has 1 aliphatic heterocycles. The van der Waals surface area contributed by atoms with Crippen molar-refractivity contribution >= 4 is 25.2 Å². The molecule has 264 valence electrons. The van der Waals surface area contributed by atoms with Crippen molar-refractivity contribution in [3.63, 3.8) is 0 Å². The highest BCUT2D eigenvalue weighted by atomic mass is 16.7. The van der Waals surface area contributed by atoms with E-state index in [-0.39, 0.29) is 35.6 Å². The maximum Gasteiger partial charge on any atom is 0.481 e. The minimum absolute atomic E-state index is 0.000786. The third kappa shape index (κ3) is 7.20. The first-order valence-electron chi connectivity index (χ1n) is 17.9. The number of hydrogen-bond donors (Lipinski definition) is 3. The van der Waals surface area contributed by atoms with Gasteiger partial charge in [0.25, 0.3) is 0 Å². The molecule has 3 saturated carbocycles. The van der Waals surface area contributed by atoms with Gasteiger partial charge in [0, 0.05) is 12.5 Å². The summed E-state index contributed by atoms with van der Waals surface area (Å²) < 4.78 is 24.1. The van der Waals surface area contributed by atoms with Crippen LogP contribution in [0.25, 0.3) is 11.1 Å². The lowest BCUT2D eigenvalue weighted by Crippen LogP contribution is -2.65. The smallest absolute Gasteiger partial charge is 0.449 e. The van der Waals surface area contributed by atoms with E-state index in [9.17, 15) is 14.4 Å². The highest BCUT2D eigenvalue weighted by molar-refractivity contribution is 6.47. The Morgan fingerprint density at radius 1 is 0.939 bits per heavy atom. The standard InChI is InChI=1S/C38H52BN3O7/c1-23(39-48-32-21-24-20-31(37(24,5)6)38(32,7)49-39)41-33(43)30(18-12-13-19-40-34(44)47-36(2,3)4)42-35(45)46-22-29-27-16-10-8-14-25(27)26-15-9-11-17-28(26)29/h8-11,14-17,23-24,29-32H,12-13,18-22H2,1-7H3,(H,40,44)(H,41,43)(H,42,45)/t23-,24-,30-,31-,32+,38-/m0/s1. The molecule has 4 aliphatic carbocycles. The molecule has 2 aromatic rings. The summed E-state index contributed by atoms with van der Waals surface area (Å²) in [4.78, 5) is 39.1. The summed E-state index contributed by atoms with van der Waals surface area (Å²) in [5.74, 6) is 0.170. The van der Waals surface area contributed by atoms with E-state index in [1.54, 1.807) is 0 Å². The van der Waals surface area contributed by atoms with E-state index in [2.05, 4.69) is 61.0 Å². The van der Waals surface area contributed by atoms with E-state index in [1.165, 1.54) is 0 Å². The van der Waals surface area contributed by atoms with Crippen molar-refractivity contribution in [3.8, 4) is 11.1 Å². The second-order valence-electron chi connectivity index (χ2n) is 16.1. The number of carbonyl (C=O) groups is 3. The largest absolute Gasteiger partial charge is 0.481 e. The molecule has 0 spiro atoms. The number of carbonyl (C=O) groups excluding carboxylic acids is 3. The van der Waals surface area contributed by atoms with Crippen LogP contribution in [-0.2, 0) is 23.6 Å². The molecule has 4 fully saturated rings. The Bertz CT molecular complexity index is 1510. The van der Waals surface area contributed by atoms with Crippen LogP contribution in [-0.4, -0.2) is 67.7 Å². The SMILES string of the molecule is C[C@H](NC(=O)[C@H](CCCCNC(=O)OC(C)(C)C)NC(=O)OCC1c2ccccc2-c2ccccc21)B1O[C@@H]2C[C@@H]3C[C@@H](C3(C)C)[C@]2(C)O1. The lowest BCUT2D eigenvalue weighted by molar-refractivity contribution is -0.199. The lowest BCUT2D eigenvalue weighted by atomic mass is 9.43. The number of ether oxygens (including phenoxy) is 2. The summed E-state index contributed by atoms with van der Waals surface area (Å²) in [7, 11) is -0.581. The monoisotopic (exact) mass is 673 g/mol. The Morgan fingerprint density at radius 3 is 2.22 bits per heavy atom. The summed E-state index contributed by atoms with van der Waals surface area (Å²) in [6.07, 6.45) is 2.48. The van der Waals surface area contributed by atoms with E-state index in [1.807, 2.05) is 52.0 Å². The zero-order valence-electron chi connectivity index (χ0n) is 30.0. The molecule has 3 N–H and O–H groups in total. The predicted octanol–water partition coefficient (Wildman–Crippen LogP) is 6.36. The number of nitrogens with one attached hydrogen (secondary N) is 3. The maximum absolute atomic E-state index is 13.7. The second kappa shape index (κ2) is 13.6. The van der Waals surface area contributed by atoms with Crippen molar-refractivity contribution in [3.05, 3.63) is 59.7 Å². The molecule has 2 bridgehead atoms. The van der Waals surface area contributed by atoms with Gasteiger partial charge in [0.2, 0.25) is 5.91 Å². The zero-order valence-corrected chi connectivity index (χ0v) is 30.0. The van der Waals surface area contributed by atoms with Gasteiger partial charge in [0.15, 0.2) is 0 Å². The van der Waals surface area contributed by atoms with E-state index in [4.69, 9.17) is 18.8 Å². The topological polar surface area (TPSA) is 124 Å². The van der Waals surface area contributed by atoms with Crippen LogP contribution in [0.1, 0.15) is 97.6 Å². The van der Waals surface area contributed by atoms with Gasteiger partial charge in [-0.3, -0.25) is 4.79 Å². The Balaban J connectivity index is 1.07. The van der Waals surface area contributed by atoms with Gasteiger partial charge in [-0.1, -0.05) is 62.4 Å². The zero-order chi connectivity index (χ0) is 35.1. The van der Waals surface area contributed by atoms with Crippen LogP contribution >= 0.6 is 0 Å². The predicted molar refractivity (Wildman–Crippen MR) is 188 cm³/mol. The number of alkyl carbamates (subject to hydrolysis) is 2. The first kappa shape index (κ1) is 35.3. The Labute approximate surface area is 290 Å². The van der Waals surface area contributed by atoms with Crippen LogP contribution in [0.2, 0.25) is 0 Å². The average Bonchev–Trinajstić information content (AvgIpc) is 3.57. The molecule has 0 aromatic heterocycles. The quantitative estimate of drug-likeness (QED) is 0.187. The van der Waals surface area contributed by atoms with Crippen LogP contribution in [0.3, 0.4) is 0 Å². The van der Waals surface area contributed by atoms with Gasteiger partial charge in [-0.2, -0.15) is 0 Å². The summed E-state index contributed by atoms with van der Waals surface area (Å²) in [6.45, 7) is 14.6. The minimum atomic E-state index is -0.856. The van der Waals surface area contributed by atoms with Gasteiger partial charge in [-0.25, -0.2) is 9.59 Å². The molecule has 3 amide bonds. The first-order valence-corrected chi connectivity index (χ1v) is 17.9. The third-order valence-corrected chi connectivity index (χ3v) is 11.3. The first-order chi connectivity index (χ1) is 23.2. The summed E-state index contributed by atoms with van der Waals surface area (Å²) in [5, 5.41) is 8.65. The molecule has 11 heteroatoms. The second-order valence-corrected chi connectivity index (χ2v) is 16.1. The minimum Gasteiger partial charge on any atom is -0.449 e. The number of rotatable bonds is 11. The fourth-order valence-corrected chi connectivity index (χ4v) is 8.54. The highest BCUT2D eigenvalue weighted by Crippen LogP contribution is 2.65. The van der Waals surface area contributed by atoms with Crippen LogP contribution in [0.5, 0.6) is 0 Å². The molecule has 2 aromatic carbocycles. The van der Waals surface area contributed by atoms with Crippen LogP contribution in [0, 0.1) is 17.3 Å². The lowest BCUT2D eigenvalue weighted by Gasteiger charge is -2.64. The number of unbranched alkanes of at least 4 members (excludes halogenated alkanes) is 1. The number of amides is 3. The summed E-state index contributed by atoms with van der Waals surface area (Å²) in [6, 6.07) is 15.5. The summed E-state index contributed by atoms with van der Waals surface area (Å²) in [5.41, 5.74) is 3.75. The third-order valence-electron chi connectivity index (χ3n) is 11.3. The molecule has 7 rings (SSSR count). The van der Waals surface area contributed by atoms with Gasteiger partial charge >= 0.3 is 19.3 Å². The maximum atomic E-state index is 13.7. The van der Waals surface area contributed by atoms with Crippen LogP contribution < -0.4 is 16.0 Å². The molecule has 10 nitrogen and oxygen atoms in total. The molecule has 0 unspecified atom stereocenters. The fourth-order valence-electron chi connectivity index (χ4n) is 8.54. The number of hydrogen-bond acceptors (Lipinski definition) is 7. The van der Waals surface area contributed by atoms with E-state index >= 15 is 0 Å². The van der Waals surface area contributed by atoms with Crippen LogP contribution in [0.4, 0.5) is 9.59 Å². The van der Waals surface area contributed by atoms with Crippen molar-refractivity contribution in [2.75, 3.05) is 13.2 Å². The Hall–Kier alpha value is -3.57. The Morgan fingerprint density at radius 2 is 1.59 bits per heavy atom. The molecule has 6 atom stereocenters. The molecular formula is C38H52BN3O7. The van der Waals surface area contributed by atoms with Gasteiger partial charge in [0.1, 0.15) is 18.2 Å². The van der Waals surface area contributed by atoms with E-state index in [0.717, 1.165) is 35.1 Å². The molecule has 49 heavy (non-hydrogen) atoms. The van der Waals surface area contributed by atoms with Crippen LogP contribution in [0.15, 0.2) is 48.5 Å². The van der Waals surface area contributed by atoms with Crippen molar-refractivity contribution in [1.82, 2.24) is 16.0 Å². The summed E-state index contributed by atoms with van der Waals surface area (Å²) >= 11 is 0. The molecule has 1 saturated heterocycles. The van der Waals surface area contributed by atoms with Gasteiger partial charge < -0.3 is 34.7 Å². The van der Waals surface area contributed by atoms with Gasteiger partial charge in [-0.15, -0.1) is 0 Å². The van der Waals surface area contributed by atoms with Crippen molar-refractivity contribution in [2.24, 2.45) is 17.3 Å². The average molecular weight is 674 g/mol. The molecule has 5 aliphatic rings. The molecule has 1 heterocycles. The molecular weight excluding hydrogens is 621 g/mol. The Kier molecular flexibility index (Phi) is 9.81. The fraction of sp³-hybridized carbons (Fsp3) is 0.605. The van der Waals surface area contributed by atoms with Crippen molar-refractivity contribution < 1.29 is 33.2 Å².